The molecule has 0 spiro atoms. The highest BCUT2D eigenvalue weighted by molar-refractivity contribution is 7.07. The number of benzene rings is 1. The Kier molecular flexibility index (Phi) is 5.41. The first-order chi connectivity index (χ1) is 10.1. The lowest BCUT2D eigenvalue weighted by atomic mass is 10.3. The Morgan fingerprint density at radius 1 is 1.48 bits per heavy atom. The fourth-order valence-electron chi connectivity index (χ4n) is 1.62. The number of hydrogen-bond donors (Lipinski definition) is 2. The molecular weight excluding hydrogens is 310 g/mol. The van der Waals surface area contributed by atoms with E-state index < -0.39 is 0 Å². The minimum atomic E-state index is -0.334. The fourth-order valence-corrected chi connectivity index (χ4v) is 2.40. The summed E-state index contributed by atoms with van der Waals surface area (Å²) in [6.45, 7) is 4.17. The predicted octanol–water partition coefficient (Wildman–Crippen LogP) is 3.91. The summed E-state index contributed by atoms with van der Waals surface area (Å²) in [5, 5.41) is 7.81. The summed E-state index contributed by atoms with van der Waals surface area (Å²) >= 11 is 7.60. The summed E-state index contributed by atoms with van der Waals surface area (Å²) in [6.07, 6.45) is -0.0384. The van der Waals surface area contributed by atoms with Crippen LogP contribution >= 0.6 is 22.9 Å². The van der Waals surface area contributed by atoms with Crippen LogP contribution in [0.15, 0.2) is 29.1 Å². The average molecular weight is 326 g/mol. The molecule has 112 valence electrons. The first-order valence-electron chi connectivity index (χ1n) is 6.43. The molecule has 0 bridgehead atoms. The maximum Gasteiger partial charge on any atom is 0.319 e. The largest absolute Gasteiger partial charge is 0.487 e. The van der Waals surface area contributed by atoms with Gasteiger partial charge in [-0.25, -0.2) is 9.78 Å². The Morgan fingerprint density at radius 3 is 2.95 bits per heavy atom. The van der Waals surface area contributed by atoms with Gasteiger partial charge >= 0.3 is 6.03 Å². The number of anilines is 1. The number of carbonyl (C=O) groups is 1. The predicted molar refractivity (Wildman–Crippen MR) is 85.2 cm³/mol. The smallest absolute Gasteiger partial charge is 0.319 e. The van der Waals surface area contributed by atoms with Gasteiger partial charge in [0.2, 0.25) is 0 Å². The number of ether oxygens (including phenoxy) is 1. The van der Waals surface area contributed by atoms with Gasteiger partial charge in [0, 0.05) is 5.38 Å². The molecule has 0 aliphatic carbocycles. The van der Waals surface area contributed by atoms with E-state index in [1.165, 1.54) is 11.3 Å². The van der Waals surface area contributed by atoms with Gasteiger partial charge in [-0.05, 0) is 26.0 Å². The quantitative estimate of drug-likeness (QED) is 0.876. The molecule has 1 aromatic carbocycles. The summed E-state index contributed by atoms with van der Waals surface area (Å²) in [7, 11) is 0. The number of carbonyl (C=O) groups excluding carboxylic acids is 1. The van der Waals surface area contributed by atoms with Crippen molar-refractivity contribution in [3.63, 3.8) is 0 Å². The molecule has 5 nitrogen and oxygen atoms in total. The fraction of sp³-hybridized carbons (Fsp3) is 0.286. The van der Waals surface area contributed by atoms with Gasteiger partial charge in [0.15, 0.2) is 5.75 Å². The lowest BCUT2D eigenvalue weighted by molar-refractivity contribution is 0.242. The molecule has 1 heterocycles. The number of nitrogens with one attached hydrogen (secondary N) is 2. The molecular formula is C14H16ClN3O2S. The lowest BCUT2D eigenvalue weighted by Gasteiger charge is -2.16. The summed E-state index contributed by atoms with van der Waals surface area (Å²) in [6, 6.07) is 4.88. The second-order valence-corrected chi connectivity index (χ2v) is 5.70. The molecule has 0 fully saturated rings. The molecule has 0 radical (unpaired) electrons. The molecule has 0 saturated carbocycles. The standard InChI is InChI=1S/C14H16ClN3O2S/c1-9(2)20-13-11(15)4-3-5-12(13)18-14(19)16-6-10-7-21-8-17-10/h3-5,7-9H,6H2,1-2H3,(H2,16,18,19). The molecule has 2 aromatic rings. The minimum Gasteiger partial charge on any atom is -0.487 e. The third-order valence-corrected chi connectivity index (χ3v) is 3.42. The zero-order valence-electron chi connectivity index (χ0n) is 11.7. The second kappa shape index (κ2) is 7.28. The normalized spacial score (nSPS) is 10.5. The maximum absolute atomic E-state index is 11.9. The molecule has 0 aliphatic rings. The number of nitrogens with zero attached hydrogens (tertiary/aromatic N) is 1. The van der Waals surface area contributed by atoms with Crippen molar-refractivity contribution in [1.29, 1.82) is 0 Å². The molecule has 0 aliphatic heterocycles. The Labute approximate surface area is 132 Å². The Bertz CT molecular complexity index is 602. The number of para-hydroxylation sites is 1. The third-order valence-electron chi connectivity index (χ3n) is 2.48. The van der Waals surface area contributed by atoms with Gasteiger partial charge in [-0.15, -0.1) is 11.3 Å². The summed E-state index contributed by atoms with van der Waals surface area (Å²) in [5.41, 5.74) is 3.08. The minimum absolute atomic E-state index is 0.0384. The second-order valence-electron chi connectivity index (χ2n) is 4.57. The monoisotopic (exact) mass is 325 g/mol. The van der Waals surface area contributed by atoms with Gasteiger partial charge in [-0.3, -0.25) is 0 Å². The van der Waals surface area contributed by atoms with Crippen LogP contribution in [-0.4, -0.2) is 17.1 Å². The van der Waals surface area contributed by atoms with Crippen LogP contribution in [0.5, 0.6) is 5.75 Å². The Morgan fingerprint density at radius 2 is 2.29 bits per heavy atom. The van der Waals surface area contributed by atoms with E-state index >= 15 is 0 Å². The number of thiazole rings is 1. The molecule has 2 N–H and O–H groups in total. The summed E-state index contributed by atoms with van der Waals surface area (Å²) in [4.78, 5) is 16.0. The van der Waals surface area contributed by atoms with Gasteiger partial charge in [-0.1, -0.05) is 17.7 Å². The van der Waals surface area contributed by atoms with Crippen LogP contribution in [0.3, 0.4) is 0 Å². The molecule has 2 amide bonds. The van der Waals surface area contributed by atoms with Crippen LogP contribution in [0.2, 0.25) is 5.02 Å². The zero-order valence-corrected chi connectivity index (χ0v) is 13.3. The van der Waals surface area contributed by atoms with Crippen molar-refractivity contribution in [1.82, 2.24) is 10.3 Å². The Balaban J connectivity index is 2.01. The lowest BCUT2D eigenvalue weighted by Crippen LogP contribution is -2.28. The first kappa shape index (κ1) is 15.6. The number of rotatable bonds is 5. The van der Waals surface area contributed by atoms with E-state index in [1.54, 1.807) is 23.7 Å². The molecule has 2 rings (SSSR count). The van der Waals surface area contributed by atoms with Gasteiger partial charge in [0.05, 0.1) is 34.6 Å². The zero-order chi connectivity index (χ0) is 15.2. The van der Waals surface area contributed by atoms with Crippen LogP contribution < -0.4 is 15.4 Å². The van der Waals surface area contributed by atoms with Gasteiger partial charge in [0.25, 0.3) is 0 Å². The molecule has 0 unspecified atom stereocenters. The van der Waals surface area contributed by atoms with E-state index in [-0.39, 0.29) is 12.1 Å². The van der Waals surface area contributed by atoms with Crippen LogP contribution in [-0.2, 0) is 6.54 Å². The number of halogens is 1. The van der Waals surface area contributed by atoms with E-state index in [4.69, 9.17) is 16.3 Å². The highest BCUT2D eigenvalue weighted by Crippen LogP contribution is 2.33. The topological polar surface area (TPSA) is 63.2 Å². The number of hydrogen-bond acceptors (Lipinski definition) is 4. The van der Waals surface area contributed by atoms with Crippen molar-refractivity contribution in [2.75, 3.05) is 5.32 Å². The summed E-state index contributed by atoms with van der Waals surface area (Å²) < 4.78 is 5.64. The number of amides is 2. The molecule has 21 heavy (non-hydrogen) atoms. The van der Waals surface area contributed by atoms with Gasteiger partial charge in [-0.2, -0.15) is 0 Å². The average Bonchev–Trinajstić information content (AvgIpc) is 2.93. The molecule has 1 aromatic heterocycles. The van der Waals surface area contributed by atoms with Crippen molar-refractivity contribution in [3.05, 3.63) is 39.8 Å². The van der Waals surface area contributed by atoms with Crippen LogP contribution in [0.1, 0.15) is 19.5 Å². The van der Waals surface area contributed by atoms with E-state index in [9.17, 15) is 4.79 Å². The van der Waals surface area contributed by atoms with Crippen molar-refractivity contribution in [3.8, 4) is 5.75 Å². The van der Waals surface area contributed by atoms with Crippen molar-refractivity contribution in [2.24, 2.45) is 0 Å². The van der Waals surface area contributed by atoms with Crippen LogP contribution in [0, 0.1) is 0 Å². The number of urea groups is 1. The van der Waals surface area contributed by atoms with Crippen molar-refractivity contribution >= 4 is 34.7 Å². The summed E-state index contributed by atoms with van der Waals surface area (Å²) in [5.74, 6) is 0.470. The first-order valence-corrected chi connectivity index (χ1v) is 7.75. The van der Waals surface area contributed by atoms with Crippen molar-refractivity contribution < 1.29 is 9.53 Å². The number of aromatic nitrogens is 1. The van der Waals surface area contributed by atoms with E-state index in [0.29, 0.717) is 23.0 Å². The highest BCUT2D eigenvalue weighted by Gasteiger charge is 2.12. The third kappa shape index (κ3) is 4.61. The Hall–Kier alpha value is -1.79. The van der Waals surface area contributed by atoms with Crippen molar-refractivity contribution in [2.45, 2.75) is 26.5 Å². The van der Waals surface area contributed by atoms with Gasteiger partial charge in [0.1, 0.15) is 0 Å². The van der Waals surface area contributed by atoms with E-state index in [1.807, 2.05) is 19.2 Å². The maximum atomic E-state index is 11.9. The molecule has 0 atom stereocenters. The molecule has 7 heteroatoms. The van der Waals surface area contributed by atoms with E-state index in [2.05, 4.69) is 15.6 Å². The van der Waals surface area contributed by atoms with Crippen LogP contribution in [0.4, 0.5) is 10.5 Å². The SMILES string of the molecule is CC(C)Oc1c(Cl)cccc1NC(=O)NCc1cscn1. The van der Waals surface area contributed by atoms with E-state index in [0.717, 1.165) is 5.69 Å². The van der Waals surface area contributed by atoms with Crippen LogP contribution in [0.25, 0.3) is 0 Å². The highest BCUT2D eigenvalue weighted by atomic mass is 35.5. The van der Waals surface area contributed by atoms with Gasteiger partial charge < -0.3 is 15.4 Å². The molecule has 0 saturated heterocycles.